The largest absolute Gasteiger partial charge is 0.493 e. The summed E-state index contributed by atoms with van der Waals surface area (Å²) in [5, 5.41) is 4.99. The molecule has 0 aromatic heterocycles. The summed E-state index contributed by atoms with van der Waals surface area (Å²) in [6, 6.07) is 4.94. The Kier molecular flexibility index (Phi) is 10.2. The Morgan fingerprint density at radius 3 is 2.08 bits per heavy atom. The quantitative estimate of drug-likeness (QED) is 0.327. The van der Waals surface area contributed by atoms with Crippen LogP contribution in [-0.2, 0) is 9.59 Å². The molecule has 0 spiro atoms. The maximum atomic E-state index is 11.8. The van der Waals surface area contributed by atoms with E-state index < -0.39 is 27.7 Å². The Morgan fingerprint density at radius 2 is 1.62 bits per heavy atom. The van der Waals surface area contributed by atoms with E-state index in [0.29, 0.717) is 23.7 Å². The first-order valence-electron chi connectivity index (χ1n) is 7.77. The van der Waals surface area contributed by atoms with Crippen molar-refractivity contribution in [1.29, 1.82) is 0 Å². The van der Waals surface area contributed by atoms with E-state index in [4.69, 9.17) is 55.9 Å². The molecule has 0 radical (unpaired) electrons. The van der Waals surface area contributed by atoms with Gasteiger partial charge in [-0.2, -0.15) is 0 Å². The van der Waals surface area contributed by atoms with Crippen molar-refractivity contribution in [2.24, 2.45) is 0 Å². The maximum Gasteiger partial charge on any atom is 0.255 e. The lowest BCUT2D eigenvalue weighted by Gasteiger charge is -2.22. The number of ether oxygens (including phenoxy) is 2. The second-order valence-corrected chi connectivity index (χ2v) is 7.36. The van der Waals surface area contributed by atoms with Crippen LogP contribution in [0.4, 0.5) is 0 Å². The Labute approximate surface area is 172 Å². The average molecular weight is 446 g/mol. The minimum absolute atomic E-state index is 0.439. The highest BCUT2D eigenvalue weighted by atomic mass is 35.5. The first-order chi connectivity index (χ1) is 12.3. The molecule has 1 aromatic carbocycles. The van der Waals surface area contributed by atoms with Gasteiger partial charge in [-0.3, -0.25) is 9.59 Å². The lowest BCUT2D eigenvalue weighted by Crippen LogP contribution is -2.44. The summed E-state index contributed by atoms with van der Waals surface area (Å²) in [5.74, 6) is -0.405. The Bertz CT molecular complexity index is 592. The molecule has 1 aromatic rings. The first-order valence-corrected chi connectivity index (χ1v) is 9.52. The summed E-state index contributed by atoms with van der Waals surface area (Å²) >= 11 is 22.2. The Morgan fingerprint density at radius 1 is 1.04 bits per heavy atom. The van der Waals surface area contributed by atoms with E-state index >= 15 is 0 Å². The number of alkyl halides is 4. The molecule has 10 heteroatoms. The van der Waals surface area contributed by atoms with Crippen LogP contribution >= 0.6 is 46.4 Å². The second kappa shape index (κ2) is 11.6. The zero-order valence-corrected chi connectivity index (χ0v) is 17.3. The third-order valence-electron chi connectivity index (χ3n) is 3.25. The summed E-state index contributed by atoms with van der Waals surface area (Å²) in [5.41, 5.74) is 0.495. The van der Waals surface area contributed by atoms with Gasteiger partial charge in [0.05, 0.1) is 13.7 Å². The third-order valence-corrected chi connectivity index (χ3v) is 4.04. The number of amides is 2. The van der Waals surface area contributed by atoms with Crippen molar-refractivity contribution in [3.8, 4) is 11.5 Å². The van der Waals surface area contributed by atoms with E-state index in [1.54, 1.807) is 18.2 Å². The van der Waals surface area contributed by atoms with Gasteiger partial charge in [0.1, 0.15) is 6.17 Å². The van der Waals surface area contributed by atoms with Crippen LogP contribution in [0.1, 0.15) is 31.5 Å². The molecule has 0 fully saturated rings. The van der Waals surface area contributed by atoms with Gasteiger partial charge in [-0.15, -0.1) is 0 Å². The van der Waals surface area contributed by atoms with Crippen molar-refractivity contribution in [2.45, 2.75) is 35.6 Å². The molecule has 0 saturated carbocycles. The van der Waals surface area contributed by atoms with Crippen LogP contribution in [0.2, 0.25) is 0 Å². The molecule has 0 bridgehead atoms. The number of methoxy groups -OCH3 is 1. The first kappa shape index (κ1) is 23.0. The lowest BCUT2D eigenvalue weighted by atomic mass is 10.1. The van der Waals surface area contributed by atoms with E-state index in [2.05, 4.69) is 17.6 Å². The van der Waals surface area contributed by atoms with Crippen LogP contribution in [-0.4, -0.2) is 35.2 Å². The van der Waals surface area contributed by atoms with E-state index in [9.17, 15) is 9.59 Å². The number of carbonyl (C=O) groups excluding carboxylic acids is 2. The molecule has 0 unspecified atom stereocenters. The predicted molar refractivity (Wildman–Crippen MR) is 103 cm³/mol. The Hall–Kier alpha value is -1.08. The van der Waals surface area contributed by atoms with E-state index in [0.717, 1.165) is 12.8 Å². The summed E-state index contributed by atoms with van der Waals surface area (Å²) < 4.78 is 11.0. The molecule has 0 aliphatic rings. The van der Waals surface area contributed by atoms with Gasteiger partial charge < -0.3 is 20.1 Å². The van der Waals surface area contributed by atoms with Crippen LogP contribution in [0.15, 0.2) is 18.2 Å². The molecule has 6 nitrogen and oxygen atoms in total. The molecule has 0 heterocycles. The van der Waals surface area contributed by atoms with Crippen LogP contribution in [0, 0.1) is 0 Å². The summed E-state index contributed by atoms with van der Waals surface area (Å²) in [6.45, 7) is 2.60. The second-order valence-electron chi connectivity index (χ2n) is 5.16. The highest BCUT2D eigenvalue weighted by Crippen LogP contribution is 2.30. The van der Waals surface area contributed by atoms with Crippen molar-refractivity contribution >= 4 is 58.2 Å². The number of unbranched alkanes of at least 4 members (excludes halogenated alkanes) is 1. The molecule has 0 aliphatic carbocycles. The topological polar surface area (TPSA) is 76.7 Å². The van der Waals surface area contributed by atoms with Crippen LogP contribution < -0.4 is 20.1 Å². The summed E-state index contributed by atoms with van der Waals surface area (Å²) in [7, 11) is 1.49. The van der Waals surface area contributed by atoms with Crippen molar-refractivity contribution < 1.29 is 19.1 Å². The molecule has 0 saturated heterocycles. The van der Waals surface area contributed by atoms with Gasteiger partial charge in [-0.25, -0.2) is 0 Å². The summed E-state index contributed by atoms with van der Waals surface area (Å²) in [4.78, 5) is 21.0. The van der Waals surface area contributed by atoms with Gasteiger partial charge in [0.2, 0.25) is 0 Å². The number of nitrogens with one attached hydrogen (secondary N) is 2. The van der Waals surface area contributed by atoms with Crippen molar-refractivity contribution in [2.75, 3.05) is 13.7 Å². The number of benzene rings is 1. The predicted octanol–water partition coefficient (Wildman–Crippen LogP) is 3.71. The van der Waals surface area contributed by atoms with Crippen LogP contribution in [0.25, 0.3) is 0 Å². The maximum absolute atomic E-state index is 11.8. The highest BCUT2D eigenvalue weighted by molar-refractivity contribution is 6.54. The molecular weight excluding hydrogens is 426 g/mol. The fourth-order valence-electron chi connectivity index (χ4n) is 1.92. The smallest absolute Gasteiger partial charge is 0.255 e. The van der Waals surface area contributed by atoms with Gasteiger partial charge in [0.15, 0.2) is 21.2 Å². The molecule has 2 N–H and O–H groups in total. The van der Waals surface area contributed by atoms with Gasteiger partial charge in [-0.05, 0) is 24.1 Å². The molecule has 0 aliphatic heterocycles. The highest BCUT2D eigenvalue weighted by Gasteiger charge is 2.24. The van der Waals surface area contributed by atoms with Crippen molar-refractivity contribution in [3.63, 3.8) is 0 Å². The molecule has 1 rings (SSSR count). The summed E-state index contributed by atoms with van der Waals surface area (Å²) in [6.07, 6.45) is 0.934. The fraction of sp³-hybridized carbons (Fsp3) is 0.500. The van der Waals surface area contributed by atoms with Crippen molar-refractivity contribution in [1.82, 2.24) is 10.6 Å². The number of halogens is 4. The SMILES string of the molecule is CCCCOc1ccc(C(NC(=O)C(Cl)Cl)NC(=O)C(Cl)Cl)cc1OC. The normalized spacial score (nSPS) is 11.0. The Balaban J connectivity index is 3.07. The van der Waals surface area contributed by atoms with Crippen molar-refractivity contribution in [3.05, 3.63) is 23.8 Å². The van der Waals surface area contributed by atoms with Crippen LogP contribution in [0.3, 0.4) is 0 Å². The van der Waals surface area contributed by atoms with E-state index in [1.165, 1.54) is 7.11 Å². The van der Waals surface area contributed by atoms with E-state index in [-0.39, 0.29) is 0 Å². The lowest BCUT2D eigenvalue weighted by molar-refractivity contribution is -0.122. The van der Waals surface area contributed by atoms with Gasteiger partial charge in [0, 0.05) is 0 Å². The fourth-order valence-corrected chi connectivity index (χ4v) is 2.17. The molecule has 0 atom stereocenters. The zero-order valence-electron chi connectivity index (χ0n) is 14.2. The minimum Gasteiger partial charge on any atom is -0.493 e. The third kappa shape index (κ3) is 7.27. The zero-order chi connectivity index (χ0) is 19.7. The molecule has 26 heavy (non-hydrogen) atoms. The number of rotatable bonds is 10. The van der Waals surface area contributed by atoms with Crippen LogP contribution in [0.5, 0.6) is 11.5 Å². The van der Waals surface area contributed by atoms with Gasteiger partial charge >= 0.3 is 0 Å². The number of hydrogen-bond acceptors (Lipinski definition) is 4. The average Bonchev–Trinajstić information content (AvgIpc) is 2.61. The molecule has 146 valence electrons. The standard InChI is InChI=1S/C16H20Cl4N2O4/c1-3-4-7-26-10-6-5-9(8-11(10)25-2)14(21-15(23)12(17)18)22-16(24)13(19)20/h5-6,8,12-14H,3-4,7H2,1-2H3,(H,21,23)(H,22,24). The number of carbonyl (C=O) groups is 2. The monoisotopic (exact) mass is 444 g/mol. The minimum atomic E-state index is -1.31. The van der Waals surface area contributed by atoms with Gasteiger partial charge in [-0.1, -0.05) is 65.8 Å². The molecule has 2 amide bonds. The van der Waals surface area contributed by atoms with E-state index in [1.807, 2.05) is 0 Å². The number of hydrogen-bond donors (Lipinski definition) is 2. The molecular formula is C16H20Cl4N2O4. The van der Waals surface area contributed by atoms with Gasteiger partial charge in [0.25, 0.3) is 11.8 Å².